The van der Waals surface area contributed by atoms with E-state index in [-0.39, 0.29) is 5.82 Å². The topological polar surface area (TPSA) is 3.24 Å². The summed E-state index contributed by atoms with van der Waals surface area (Å²) in [6.07, 6.45) is 0. The lowest BCUT2D eigenvalue weighted by Gasteiger charge is -2.16. The molecule has 3 heteroatoms. The Morgan fingerprint density at radius 1 is 1.33 bits per heavy atom. The van der Waals surface area contributed by atoms with Crippen molar-refractivity contribution in [1.29, 1.82) is 0 Å². The second-order valence-corrected chi connectivity index (χ2v) is 4.60. The zero-order valence-corrected chi connectivity index (χ0v) is 9.54. The molecule has 0 aromatic heterocycles. The first-order chi connectivity index (χ1) is 7.20. The maximum Gasteiger partial charge on any atom is 0.123 e. The van der Waals surface area contributed by atoms with Crippen LogP contribution in [0.3, 0.4) is 0 Å². The fraction of sp³-hybridized carbons (Fsp3) is 0.500. The number of hydrogen-bond donors (Lipinski definition) is 0. The van der Waals surface area contributed by atoms with Gasteiger partial charge in [0, 0.05) is 24.9 Å². The molecular formula is C12H15ClFN. The minimum absolute atomic E-state index is 0.174. The molecular weight excluding hydrogens is 213 g/mol. The van der Waals surface area contributed by atoms with E-state index in [2.05, 4.69) is 11.9 Å². The molecule has 0 aliphatic carbocycles. The fourth-order valence-electron chi connectivity index (χ4n) is 2.33. The van der Waals surface area contributed by atoms with Crippen molar-refractivity contribution in [2.45, 2.75) is 5.92 Å². The first-order valence-electron chi connectivity index (χ1n) is 5.20. The van der Waals surface area contributed by atoms with Gasteiger partial charge in [0.1, 0.15) is 5.82 Å². The Bertz CT molecular complexity index is 325. The van der Waals surface area contributed by atoms with Crippen molar-refractivity contribution in [3.63, 3.8) is 0 Å². The summed E-state index contributed by atoms with van der Waals surface area (Å²) >= 11 is 5.95. The highest BCUT2D eigenvalue weighted by atomic mass is 35.5. The summed E-state index contributed by atoms with van der Waals surface area (Å²) in [5.41, 5.74) is 1.20. The zero-order valence-electron chi connectivity index (χ0n) is 8.79. The van der Waals surface area contributed by atoms with Gasteiger partial charge < -0.3 is 4.90 Å². The van der Waals surface area contributed by atoms with Crippen LogP contribution in [0.4, 0.5) is 4.39 Å². The molecule has 1 fully saturated rings. The van der Waals surface area contributed by atoms with Crippen LogP contribution in [-0.2, 0) is 0 Å². The maximum absolute atomic E-state index is 12.8. The first kappa shape index (κ1) is 10.9. The van der Waals surface area contributed by atoms with E-state index in [9.17, 15) is 4.39 Å². The molecule has 0 bridgehead atoms. The van der Waals surface area contributed by atoms with Crippen LogP contribution in [0.15, 0.2) is 24.3 Å². The van der Waals surface area contributed by atoms with E-state index in [1.165, 1.54) is 17.7 Å². The van der Waals surface area contributed by atoms with Gasteiger partial charge in [-0.2, -0.15) is 0 Å². The zero-order chi connectivity index (χ0) is 10.8. The summed E-state index contributed by atoms with van der Waals surface area (Å²) in [7, 11) is 2.10. The number of halogens is 2. The third-order valence-electron chi connectivity index (χ3n) is 3.12. The minimum Gasteiger partial charge on any atom is -0.305 e. The predicted molar refractivity (Wildman–Crippen MR) is 60.8 cm³/mol. The van der Waals surface area contributed by atoms with Crippen LogP contribution >= 0.6 is 11.6 Å². The minimum atomic E-state index is -0.174. The van der Waals surface area contributed by atoms with Crippen molar-refractivity contribution in [1.82, 2.24) is 4.90 Å². The van der Waals surface area contributed by atoms with Crippen molar-refractivity contribution in [2.24, 2.45) is 5.92 Å². The summed E-state index contributed by atoms with van der Waals surface area (Å²) < 4.78 is 12.8. The molecule has 0 N–H and O–H groups in total. The van der Waals surface area contributed by atoms with Gasteiger partial charge in [0.2, 0.25) is 0 Å². The summed E-state index contributed by atoms with van der Waals surface area (Å²) in [5.74, 6) is 1.44. The van der Waals surface area contributed by atoms with E-state index >= 15 is 0 Å². The monoisotopic (exact) mass is 227 g/mol. The smallest absolute Gasteiger partial charge is 0.123 e. The molecule has 1 heterocycles. The summed E-state index contributed by atoms with van der Waals surface area (Å²) in [6, 6.07) is 6.80. The first-order valence-corrected chi connectivity index (χ1v) is 5.74. The summed E-state index contributed by atoms with van der Waals surface area (Å²) in [4.78, 5) is 2.28. The third kappa shape index (κ3) is 2.32. The molecule has 1 aliphatic heterocycles. The lowest BCUT2D eigenvalue weighted by molar-refractivity contribution is 0.401. The Balaban J connectivity index is 2.19. The summed E-state index contributed by atoms with van der Waals surface area (Å²) in [6.45, 7) is 2.05. The van der Waals surface area contributed by atoms with Crippen LogP contribution in [0.1, 0.15) is 11.5 Å². The average molecular weight is 228 g/mol. The third-order valence-corrected chi connectivity index (χ3v) is 3.52. The van der Waals surface area contributed by atoms with Gasteiger partial charge in [-0.25, -0.2) is 4.39 Å². The Hall–Kier alpha value is -0.600. The lowest BCUT2D eigenvalue weighted by atomic mass is 9.90. The predicted octanol–water partition coefficient (Wildman–Crippen LogP) is 2.71. The highest BCUT2D eigenvalue weighted by Crippen LogP contribution is 2.32. The molecule has 1 aromatic carbocycles. The largest absolute Gasteiger partial charge is 0.305 e. The van der Waals surface area contributed by atoms with E-state index < -0.39 is 0 Å². The van der Waals surface area contributed by atoms with Crippen LogP contribution in [0.25, 0.3) is 0 Å². The van der Waals surface area contributed by atoms with E-state index in [1.807, 2.05) is 12.1 Å². The maximum atomic E-state index is 12.8. The average Bonchev–Trinajstić information content (AvgIpc) is 2.61. The fourth-order valence-corrected chi connectivity index (χ4v) is 2.64. The standard InChI is InChI=1S/C12H15ClFN/c1-15-7-10(6-13)12(8-15)9-2-4-11(14)5-3-9/h2-5,10,12H,6-8H2,1H3/t10-,12+/m1/s1. The van der Waals surface area contributed by atoms with Gasteiger partial charge in [-0.3, -0.25) is 0 Å². The number of likely N-dealkylation sites (N-methyl/N-ethyl adjacent to an activating group) is 1. The van der Waals surface area contributed by atoms with Crippen LogP contribution in [0.2, 0.25) is 0 Å². The molecule has 0 saturated carbocycles. The second kappa shape index (κ2) is 4.50. The van der Waals surface area contributed by atoms with Gasteiger partial charge in [-0.1, -0.05) is 12.1 Å². The summed E-state index contributed by atoms with van der Waals surface area (Å²) in [5, 5.41) is 0. The van der Waals surface area contributed by atoms with Crippen LogP contribution < -0.4 is 0 Å². The van der Waals surface area contributed by atoms with E-state index in [1.54, 1.807) is 0 Å². The highest BCUT2D eigenvalue weighted by Gasteiger charge is 2.31. The van der Waals surface area contributed by atoms with Gasteiger partial charge in [0.25, 0.3) is 0 Å². The number of nitrogens with zero attached hydrogens (tertiary/aromatic N) is 1. The Kier molecular flexibility index (Phi) is 3.27. The molecule has 1 nitrogen and oxygen atoms in total. The van der Waals surface area contributed by atoms with Crippen LogP contribution in [0.5, 0.6) is 0 Å². The van der Waals surface area contributed by atoms with Gasteiger partial charge in [-0.15, -0.1) is 11.6 Å². The van der Waals surface area contributed by atoms with Gasteiger partial charge in [0.05, 0.1) is 0 Å². The number of rotatable bonds is 2. The van der Waals surface area contributed by atoms with E-state index in [0.717, 1.165) is 13.1 Å². The second-order valence-electron chi connectivity index (χ2n) is 4.29. The molecule has 82 valence electrons. The highest BCUT2D eigenvalue weighted by molar-refractivity contribution is 6.18. The molecule has 0 amide bonds. The number of likely N-dealkylation sites (tertiary alicyclic amines) is 1. The number of hydrogen-bond acceptors (Lipinski definition) is 1. The van der Waals surface area contributed by atoms with Crippen LogP contribution in [-0.4, -0.2) is 30.9 Å². The molecule has 0 radical (unpaired) electrons. The quantitative estimate of drug-likeness (QED) is 0.703. The van der Waals surface area contributed by atoms with Crippen molar-refractivity contribution in [2.75, 3.05) is 26.0 Å². The lowest BCUT2D eigenvalue weighted by Crippen LogP contribution is -2.14. The van der Waals surface area contributed by atoms with Crippen molar-refractivity contribution >= 4 is 11.6 Å². The van der Waals surface area contributed by atoms with E-state index in [4.69, 9.17) is 11.6 Å². The van der Waals surface area contributed by atoms with Gasteiger partial charge in [-0.05, 0) is 30.7 Å². The van der Waals surface area contributed by atoms with Crippen molar-refractivity contribution in [3.8, 4) is 0 Å². The molecule has 2 atom stereocenters. The number of alkyl halides is 1. The normalized spacial score (nSPS) is 27.1. The van der Waals surface area contributed by atoms with Crippen molar-refractivity contribution < 1.29 is 4.39 Å². The molecule has 2 rings (SSSR count). The van der Waals surface area contributed by atoms with Gasteiger partial charge in [0.15, 0.2) is 0 Å². The molecule has 0 unspecified atom stereocenters. The Labute approximate surface area is 94.8 Å². The van der Waals surface area contributed by atoms with E-state index in [0.29, 0.717) is 17.7 Å². The number of benzene rings is 1. The molecule has 1 aromatic rings. The van der Waals surface area contributed by atoms with Gasteiger partial charge >= 0.3 is 0 Å². The molecule has 15 heavy (non-hydrogen) atoms. The SMILES string of the molecule is CN1C[C@@H](CCl)[C@H](c2ccc(F)cc2)C1. The van der Waals surface area contributed by atoms with Crippen LogP contribution in [0, 0.1) is 11.7 Å². The Morgan fingerprint density at radius 2 is 2.00 bits per heavy atom. The molecule has 1 saturated heterocycles. The van der Waals surface area contributed by atoms with Crippen molar-refractivity contribution in [3.05, 3.63) is 35.6 Å². The molecule has 0 spiro atoms. The molecule has 1 aliphatic rings. The Morgan fingerprint density at radius 3 is 2.60 bits per heavy atom.